The first kappa shape index (κ1) is 25.1. The van der Waals surface area contributed by atoms with E-state index in [1.165, 1.54) is 0 Å². The quantitative estimate of drug-likeness (QED) is 0.478. The summed E-state index contributed by atoms with van der Waals surface area (Å²) in [5, 5.41) is 11.9. The standard InChI is InChI=1S/C28H35N7O2/c1-20-31-32-28-24(19-26(36)29-12-7-13-34-16-14-33(2)15-17-34)30-27(21-8-5-4-6-9-21)23-18-22(37-3)10-11-25(23)35(20)28/h4-6,8-11,18,24H,7,12-17,19H2,1-3H3,(H,29,36)/t24-/m0/s1. The summed E-state index contributed by atoms with van der Waals surface area (Å²) in [5.74, 6) is 2.13. The summed E-state index contributed by atoms with van der Waals surface area (Å²) in [5.41, 5.74) is 3.64. The summed E-state index contributed by atoms with van der Waals surface area (Å²) in [4.78, 5) is 23.0. The highest BCUT2D eigenvalue weighted by Gasteiger charge is 2.30. The normalized spacial score (nSPS) is 17.9. The molecule has 0 aliphatic carbocycles. The number of hydrogen-bond donors (Lipinski definition) is 1. The number of likely N-dealkylation sites (N-methyl/N-ethyl adjacent to an activating group) is 1. The molecule has 1 aromatic heterocycles. The van der Waals surface area contributed by atoms with Crippen molar-refractivity contribution in [1.82, 2.24) is 29.9 Å². The summed E-state index contributed by atoms with van der Waals surface area (Å²) in [6.45, 7) is 7.95. The van der Waals surface area contributed by atoms with E-state index in [0.717, 1.165) is 73.2 Å². The van der Waals surface area contributed by atoms with Crippen LogP contribution in [0.2, 0.25) is 0 Å². The zero-order valence-electron chi connectivity index (χ0n) is 21.9. The summed E-state index contributed by atoms with van der Waals surface area (Å²) >= 11 is 0. The molecule has 1 N–H and O–H groups in total. The van der Waals surface area contributed by atoms with E-state index >= 15 is 0 Å². The minimum atomic E-state index is -0.465. The first-order valence-corrected chi connectivity index (χ1v) is 12.9. The van der Waals surface area contributed by atoms with E-state index in [1.54, 1.807) is 7.11 Å². The van der Waals surface area contributed by atoms with Gasteiger partial charge < -0.3 is 19.9 Å². The van der Waals surface area contributed by atoms with Crippen molar-refractivity contribution >= 4 is 11.6 Å². The van der Waals surface area contributed by atoms with Crippen molar-refractivity contribution in [2.24, 2.45) is 4.99 Å². The van der Waals surface area contributed by atoms with Crippen molar-refractivity contribution in [3.63, 3.8) is 0 Å². The lowest BCUT2D eigenvalue weighted by molar-refractivity contribution is -0.121. The zero-order valence-corrected chi connectivity index (χ0v) is 21.9. The highest BCUT2D eigenvalue weighted by Crippen LogP contribution is 2.34. The first-order valence-electron chi connectivity index (χ1n) is 12.9. The summed E-state index contributed by atoms with van der Waals surface area (Å²) < 4.78 is 7.55. The van der Waals surface area contributed by atoms with E-state index < -0.39 is 6.04 Å². The van der Waals surface area contributed by atoms with Gasteiger partial charge in [-0.2, -0.15) is 0 Å². The topological polar surface area (TPSA) is 87.9 Å². The number of carbonyl (C=O) groups is 1. The fraction of sp³-hybridized carbons (Fsp3) is 0.429. The van der Waals surface area contributed by atoms with E-state index in [4.69, 9.17) is 9.73 Å². The third-order valence-electron chi connectivity index (χ3n) is 7.13. The Labute approximate surface area is 218 Å². The molecular formula is C28H35N7O2. The number of nitrogens with zero attached hydrogens (tertiary/aromatic N) is 6. The highest BCUT2D eigenvalue weighted by molar-refractivity contribution is 6.15. The molecule has 0 saturated carbocycles. The Morgan fingerprint density at radius 3 is 2.62 bits per heavy atom. The second-order valence-corrected chi connectivity index (χ2v) is 9.74. The lowest BCUT2D eigenvalue weighted by Gasteiger charge is -2.32. The number of aryl methyl sites for hydroxylation is 1. The molecule has 9 heteroatoms. The maximum Gasteiger partial charge on any atom is 0.222 e. The van der Waals surface area contributed by atoms with E-state index in [9.17, 15) is 4.79 Å². The Hall–Kier alpha value is -3.56. The van der Waals surface area contributed by atoms with Crippen molar-refractivity contribution in [1.29, 1.82) is 0 Å². The molecule has 0 radical (unpaired) electrons. The minimum absolute atomic E-state index is 0.0321. The largest absolute Gasteiger partial charge is 0.497 e. The second kappa shape index (κ2) is 11.2. The highest BCUT2D eigenvalue weighted by atomic mass is 16.5. The fourth-order valence-corrected chi connectivity index (χ4v) is 5.01. The summed E-state index contributed by atoms with van der Waals surface area (Å²) in [6, 6.07) is 15.5. The van der Waals surface area contributed by atoms with Crippen LogP contribution in [0.15, 0.2) is 53.5 Å². The zero-order chi connectivity index (χ0) is 25.8. The number of fused-ring (bicyclic) bond motifs is 3. The molecule has 0 spiro atoms. The molecule has 1 saturated heterocycles. The van der Waals surface area contributed by atoms with Crippen LogP contribution in [-0.2, 0) is 4.79 Å². The van der Waals surface area contributed by atoms with Gasteiger partial charge in [0.2, 0.25) is 5.91 Å². The molecule has 3 heterocycles. The smallest absolute Gasteiger partial charge is 0.222 e. The third kappa shape index (κ3) is 5.57. The van der Waals surface area contributed by atoms with Crippen LogP contribution in [0.3, 0.4) is 0 Å². The number of hydrogen-bond acceptors (Lipinski definition) is 7. The van der Waals surface area contributed by atoms with Crippen LogP contribution in [0.1, 0.15) is 41.7 Å². The maximum absolute atomic E-state index is 13.1. The first-order chi connectivity index (χ1) is 18.0. The van der Waals surface area contributed by atoms with Gasteiger partial charge in [0.15, 0.2) is 5.82 Å². The van der Waals surface area contributed by atoms with Crippen LogP contribution in [0.4, 0.5) is 0 Å². The number of methoxy groups -OCH3 is 1. The summed E-state index contributed by atoms with van der Waals surface area (Å²) in [6.07, 6.45) is 1.13. The number of ether oxygens (including phenoxy) is 1. The van der Waals surface area contributed by atoms with E-state index in [0.29, 0.717) is 12.4 Å². The Balaban J connectivity index is 1.37. The molecule has 3 aromatic rings. The molecule has 0 unspecified atom stereocenters. The number of amides is 1. The van der Waals surface area contributed by atoms with Crippen molar-refractivity contribution in [3.05, 3.63) is 71.3 Å². The van der Waals surface area contributed by atoms with Gasteiger partial charge >= 0.3 is 0 Å². The van der Waals surface area contributed by atoms with Gasteiger partial charge in [-0.1, -0.05) is 30.3 Å². The third-order valence-corrected chi connectivity index (χ3v) is 7.13. The molecule has 9 nitrogen and oxygen atoms in total. The number of benzene rings is 2. The number of piperazine rings is 1. The van der Waals surface area contributed by atoms with Crippen molar-refractivity contribution in [2.45, 2.75) is 25.8 Å². The number of aromatic nitrogens is 3. The average Bonchev–Trinajstić information content (AvgIpc) is 3.24. The van der Waals surface area contributed by atoms with Gasteiger partial charge in [-0.05, 0) is 45.1 Å². The van der Waals surface area contributed by atoms with Crippen molar-refractivity contribution in [3.8, 4) is 11.4 Å². The van der Waals surface area contributed by atoms with Gasteiger partial charge in [-0.15, -0.1) is 10.2 Å². The van der Waals surface area contributed by atoms with Gasteiger partial charge in [0.05, 0.1) is 24.9 Å². The number of carbonyl (C=O) groups excluding carboxylic acids is 1. The van der Waals surface area contributed by atoms with Crippen LogP contribution >= 0.6 is 0 Å². The molecule has 37 heavy (non-hydrogen) atoms. The SMILES string of the molecule is COc1ccc2c(c1)C(c1ccccc1)=N[C@@H](CC(=O)NCCCN1CCN(C)CC1)c1nnc(C)n1-2. The monoisotopic (exact) mass is 501 g/mol. The van der Waals surface area contributed by atoms with Crippen LogP contribution in [0.25, 0.3) is 5.69 Å². The van der Waals surface area contributed by atoms with Crippen LogP contribution in [0.5, 0.6) is 5.75 Å². The molecule has 2 aliphatic heterocycles. The van der Waals surface area contributed by atoms with Crippen molar-refractivity contribution < 1.29 is 9.53 Å². The van der Waals surface area contributed by atoms with Crippen LogP contribution in [0, 0.1) is 6.92 Å². The number of nitrogens with one attached hydrogen (secondary N) is 1. The Kier molecular flexibility index (Phi) is 7.62. The van der Waals surface area contributed by atoms with Gasteiger partial charge in [0.1, 0.15) is 17.6 Å². The van der Waals surface area contributed by atoms with Crippen LogP contribution < -0.4 is 10.1 Å². The molecule has 1 atom stereocenters. The fourth-order valence-electron chi connectivity index (χ4n) is 5.01. The van der Waals surface area contributed by atoms with Crippen LogP contribution in [-0.4, -0.2) is 89.6 Å². The molecule has 5 rings (SSSR count). The molecule has 0 bridgehead atoms. The van der Waals surface area contributed by atoms with Gasteiger partial charge in [0.25, 0.3) is 0 Å². The van der Waals surface area contributed by atoms with Gasteiger partial charge in [-0.3, -0.25) is 14.4 Å². The Morgan fingerprint density at radius 1 is 1.08 bits per heavy atom. The number of aliphatic imine (C=N–C) groups is 1. The van der Waals surface area contributed by atoms with E-state index in [2.05, 4.69) is 32.4 Å². The average molecular weight is 502 g/mol. The Bertz CT molecular complexity index is 1260. The predicted molar refractivity (Wildman–Crippen MR) is 144 cm³/mol. The lowest BCUT2D eigenvalue weighted by Crippen LogP contribution is -2.45. The molecule has 2 aromatic carbocycles. The molecular weight excluding hydrogens is 466 g/mol. The van der Waals surface area contributed by atoms with E-state index in [1.807, 2.05) is 60.0 Å². The molecule has 1 fully saturated rings. The second-order valence-electron chi connectivity index (χ2n) is 9.74. The van der Waals surface area contributed by atoms with Gasteiger partial charge in [-0.25, -0.2) is 0 Å². The Morgan fingerprint density at radius 2 is 1.86 bits per heavy atom. The minimum Gasteiger partial charge on any atom is -0.497 e. The maximum atomic E-state index is 13.1. The van der Waals surface area contributed by atoms with Crippen molar-refractivity contribution in [2.75, 3.05) is 53.4 Å². The molecule has 194 valence electrons. The lowest BCUT2D eigenvalue weighted by atomic mass is 10.00. The predicted octanol–water partition coefficient (Wildman–Crippen LogP) is 2.62. The molecule has 1 amide bonds. The van der Waals surface area contributed by atoms with Gasteiger partial charge in [0, 0.05) is 43.9 Å². The summed E-state index contributed by atoms with van der Waals surface area (Å²) in [7, 11) is 3.82. The van der Waals surface area contributed by atoms with E-state index in [-0.39, 0.29) is 12.3 Å². The number of rotatable bonds is 8. The molecule has 2 aliphatic rings.